The average molecular weight is 225 g/mol. The highest BCUT2D eigenvalue weighted by molar-refractivity contribution is 7.11. The van der Waals surface area contributed by atoms with E-state index >= 15 is 0 Å². The van der Waals surface area contributed by atoms with Gasteiger partial charge in [0.1, 0.15) is 0 Å². The molecule has 1 fully saturated rings. The molecule has 1 heterocycles. The minimum atomic E-state index is -0.284. The third-order valence-electron chi connectivity index (χ3n) is 2.47. The molecule has 0 aromatic carbocycles. The monoisotopic (exact) mass is 225 g/mol. The zero-order valence-electron chi connectivity index (χ0n) is 9.08. The van der Waals surface area contributed by atoms with Gasteiger partial charge in [0.25, 0.3) is 0 Å². The lowest BCUT2D eigenvalue weighted by molar-refractivity contribution is 0.0519. The van der Waals surface area contributed by atoms with Crippen molar-refractivity contribution >= 4 is 17.3 Å². The number of nitrogens with zero attached hydrogens (tertiary/aromatic N) is 1. The maximum absolute atomic E-state index is 11.5. The molecule has 15 heavy (non-hydrogen) atoms. The first-order valence-electron chi connectivity index (χ1n) is 5.34. The summed E-state index contributed by atoms with van der Waals surface area (Å²) in [6.07, 6.45) is 3.66. The van der Waals surface area contributed by atoms with Crippen LogP contribution < -0.4 is 0 Å². The lowest BCUT2D eigenvalue weighted by Crippen LogP contribution is -2.06. The van der Waals surface area contributed by atoms with Gasteiger partial charge in [0, 0.05) is 11.3 Å². The molecule has 0 radical (unpaired) electrons. The molecular weight excluding hydrogens is 210 g/mol. The van der Waals surface area contributed by atoms with Crippen LogP contribution in [0.5, 0.6) is 0 Å². The number of aromatic nitrogens is 1. The van der Waals surface area contributed by atoms with E-state index in [1.807, 2.05) is 13.8 Å². The summed E-state index contributed by atoms with van der Waals surface area (Å²) in [5.41, 5.74) is 0.512. The fourth-order valence-electron chi connectivity index (χ4n) is 1.50. The summed E-state index contributed by atoms with van der Waals surface area (Å²) < 4.78 is 4.95. The van der Waals surface area contributed by atoms with Gasteiger partial charge in [0.2, 0.25) is 0 Å². The van der Waals surface area contributed by atoms with Crippen molar-refractivity contribution < 1.29 is 9.53 Å². The minimum absolute atomic E-state index is 0.284. The largest absolute Gasteiger partial charge is 0.461 e. The number of carbonyl (C=O) groups excluding carboxylic acids is 1. The predicted molar refractivity (Wildman–Crippen MR) is 59.2 cm³/mol. The Balaban J connectivity index is 2.09. The van der Waals surface area contributed by atoms with Crippen molar-refractivity contribution in [3.8, 4) is 0 Å². The SMILES string of the molecule is CCOC(=O)c1nc(CC2CC2)sc1C. The Bertz CT molecular complexity index is 369. The van der Waals surface area contributed by atoms with Gasteiger partial charge in [0.15, 0.2) is 5.69 Å². The molecule has 1 aromatic heterocycles. The van der Waals surface area contributed by atoms with Crippen LogP contribution in [0.4, 0.5) is 0 Å². The highest BCUT2D eigenvalue weighted by atomic mass is 32.1. The number of aryl methyl sites for hydroxylation is 1. The Kier molecular flexibility index (Phi) is 3.05. The number of thiazole rings is 1. The number of hydrogen-bond donors (Lipinski definition) is 0. The second kappa shape index (κ2) is 4.31. The molecule has 1 saturated carbocycles. The summed E-state index contributed by atoms with van der Waals surface area (Å²) in [5, 5.41) is 1.08. The van der Waals surface area contributed by atoms with Gasteiger partial charge in [-0.1, -0.05) is 0 Å². The molecule has 0 amide bonds. The smallest absolute Gasteiger partial charge is 0.358 e. The van der Waals surface area contributed by atoms with Crippen LogP contribution in [0.15, 0.2) is 0 Å². The zero-order chi connectivity index (χ0) is 10.8. The van der Waals surface area contributed by atoms with Crippen LogP contribution in [0, 0.1) is 12.8 Å². The Labute approximate surface area is 93.5 Å². The third-order valence-corrected chi connectivity index (χ3v) is 3.46. The molecule has 0 bridgehead atoms. The van der Waals surface area contributed by atoms with Crippen molar-refractivity contribution in [1.82, 2.24) is 4.98 Å². The molecule has 1 aromatic rings. The second-order valence-electron chi connectivity index (χ2n) is 3.88. The van der Waals surface area contributed by atoms with Crippen LogP contribution in [-0.4, -0.2) is 17.6 Å². The van der Waals surface area contributed by atoms with Crippen LogP contribution in [0.1, 0.15) is 40.1 Å². The van der Waals surface area contributed by atoms with Crippen molar-refractivity contribution in [2.24, 2.45) is 5.92 Å². The van der Waals surface area contributed by atoms with E-state index in [4.69, 9.17) is 4.74 Å². The number of esters is 1. The molecule has 0 spiro atoms. The van der Waals surface area contributed by atoms with Crippen molar-refractivity contribution in [3.05, 3.63) is 15.6 Å². The maximum Gasteiger partial charge on any atom is 0.358 e. The first-order valence-corrected chi connectivity index (χ1v) is 6.15. The molecule has 2 rings (SSSR count). The summed E-state index contributed by atoms with van der Waals surface area (Å²) >= 11 is 1.62. The molecule has 0 aliphatic heterocycles. The summed E-state index contributed by atoms with van der Waals surface area (Å²) in [6.45, 7) is 4.15. The van der Waals surface area contributed by atoms with Crippen LogP contribution in [0.25, 0.3) is 0 Å². The minimum Gasteiger partial charge on any atom is -0.461 e. The summed E-state index contributed by atoms with van der Waals surface area (Å²) in [4.78, 5) is 16.8. The van der Waals surface area contributed by atoms with Crippen molar-refractivity contribution in [2.45, 2.75) is 33.1 Å². The zero-order valence-corrected chi connectivity index (χ0v) is 9.89. The Hall–Kier alpha value is -0.900. The van der Waals surface area contributed by atoms with E-state index in [0.29, 0.717) is 12.3 Å². The van der Waals surface area contributed by atoms with E-state index in [2.05, 4.69) is 4.98 Å². The van der Waals surface area contributed by atoms with Crippen LogP contribution in [-0.2, 0) is 11.2 Å². The van der Waals surface area contributed by atoms with E-state index < -0.39 is 0 Å². The molecule has 1 aliphatic rings. The van der Waals surface area contributed by atoms with Crippen LogP contribution in [0.3, 0.4) is 0 Å². The lowest BCUT2D eigenvalue weighted by Gasteiger charge is -1.97. The van der Waals surface area contributed by atoms with E-state index in [-0.39, 0.29) is 5.97 Å². The highest BCUT2D eigenvalue weighted by Crippen LogP contribution is 2.34. The van der Waals surface area contributed by atoms with E-state index in [9.17, 15) is 4.79 Å². The number of ether oxygens (including phenoxy) is 1. The molecule has 1 aliphatic carbocycles. The van der Waals surface area contributed by atoms with Gasteiger partial charge in [0.05, 0.1) is 11.6 Å². The topological polar surface area (TPSA) is 39.2 Å². The second-order valence-corrected chi connectivity index (χ2v) is 5.17. The Morgan fingerprint density at radius 2 is 2.33 bits per heavy atom. The fraction of sp³-hybridized carbons (Fsp3) is 0.636. The Morgan fingerprint density at radius 1 is 1.60 bits per heavy atom. The molecule has 0 unspecified atom stereocenters. The van der Waals surface area contributed by atoms with Crippen LogP contribution >= 0.6 is 11.3 Å². The first-order chi connectivity index (χ1) is 7.20. The first kappa shape index (κ1) is 10.6. The van der Waals surface area contributed by atoms with E-state index in [0.717, 1.165) is 22.2 Å². The predicted octanol–water partition coefficient (Wildman–Crippen LogP) is 2.58. The van der Waals surface area contributed by atoms with Crippen molar-refractivity contribution in [2.75, 3.05) is 6.61 Å². The molecule has 82 valence electrons. The van der Waals surface area contributed by atoms with Crippen LogP contribution in [0.2, 0.25) is 0 Å². The summed E-state index contributed by atoms with van der Waals surface area (Å²) in [7, 11) is 0. The van der Waals surface area contributed by atoms with Gasteiger partial charge >= 0.3 is 5.97 Å². The standard InChI is InChI=1S/C11H15NO2S/c1-3-14-11(13)10-7(2)15-9(12-10)6-8-4-5-8/h8H,3-6H2,1-2H3. The number of carbonyl (C=O) groups is 1. The molecular formula is C11H15NO2S. The highest BCUT2D eigenvalue weighted by Gasteiger charge is 2.24. The quantitative estimate of drug-likeness (QED) is 0.739. The molecule has 4 heteroatoms. The van der Waals surface area contributed by atoms with Crippen molar-refractivity contribution in [1.29, 1.82) is 0 Å². The van der Waals surface area contributed by atoms with Gasteiger partial charge in [-0.25, -0.2) is 9.78 Å². The normalized spacial score (nSPS) is 15.3. The fourth-order valence-corrected chi connectivity index (χ4v) is 2.53. The number of hydrogen-bond acceptors (Lipinski definition) is 4. The molecule has 0 saturated heterocycles. The van der Waals surface area contributed by atoms with E-state index in [1.54, 1.807) is 11.3 Å². The molecule has 0 atom stereocenters. The lowest BCUT2D eigenvalue weighted by atomic mass is 10.3. The molecule has 0 N–H and O–H groups in total. The van der Waals surface area contributed by atoms with Gasteiger partial charge in [-0.15, -0.1) is 11.3 Å². The summed E-state index contributed by atoms with van der Waals surface area (Å²) in [5.74, 6) is 0.527. The van der Waals surface area contributed by atoms with Gasteiger partial charge in [-0.2, -0.15) is 0 Å². The van der Waals surface area contributed by atoms with Gasteiger partial charge in [-0.3, -0.25) is 0 Å². The maximum atomic E-state index is 11.5. The molecule has 3 nitrogen and oxygen atoms in total. The average Bonchev–Trinajstić information content (AvgIpc) is 2.90. The Morgan fingerprint density at radius 3 is 2.93 bits per heavy atom. The van der Waals surface area contributed by atoms with Crippen molar-refractivity contribution in [3.63, 3.8) is 0 Å². The van der Waals surface area contributed by atoms with Gasteiger partial charge < -0.3 is 4.74 Å². The van der Waals surface area contributed by atoms with Gasteiger partial charge in [-0.05, 0) is 32.6 Å². The third kappa shape index (κ3) is 2.56. The number of rotatable bonds is 4. The van der Waals surface area contributed by atoms with E-state index in [1.165, 1.54) is 12.8 Å². The summed E-state index contributed by atoms with van der Waals surface area (Å²) in [6, 6.07) is 0.